The zero-order valence-electron chi connectivity index (χ0n) is 19.2. The highest BCUT2D eigenvalue weighted by Crippen LogP contribution is 2.49. The summed E-state index contributed by atoms with van der Waals surface area (Å²) in [5.74, 6) is -0.429. The summed E-state index contributed by atoms with van der Waals surface area (Å²) in [6, 6.07) is 9.73. The molecule has 3 heterocycles. The van der Waals surface area contributed by atoms with Crippen molar-refractivity contribution in [1.82, 2.24) is 15.2 Å². The van der Waals surface area contributed by atoms with Gasteiger partial charge in [0.2, 0.25) is 17.5 Å². The Labute approximate surface area is 224 Å². The van der Waals surface area contributed by atoms with Crippen LogP contribution < -0.4 is 10.6 Å². The summed E-state index contributed by atoms with van der Waals surface area (Å²) in [4.78, 5) is 44.1. The van der Waals surface area contributed by atoms with E-state index in [0.29, 0.717) is 52.8 Å². The summed E-state index contributed by atoms with van der Waals surface area (Å²) in [6.45, 7) is 1.65. The van der Waals surface area contributed by atoms with Crippen LogP contribution in [0, 0.1) is 5.41 Å². The smallest absolute Gasteiger partial charge is 0.240 e. The van der Waals surface area contributed by atoms with Gasteiger partial charge in [-0.05, 0) is 55.8 Å². The van der Waals surface area contributed by atoms with Crippen LogP contribution in [0.15, 0.2) is 73.9 Å². The molecular formula is C27H22Br2N4O3. The zero-order valence-corrected chi connectivity index (χ0v) is 22.4. The van der Waals surface area contributed by atoms with Gasteiger partial charge >= 0.3 is 0 Å². The molecule has 1 amide bonds. The second-order valence-corrected chi connectivity index (χ2v) is 11.1. The van der Waals surface area contributed by atoms with Crippen LogP contribution in [0.25, 0.3) is 0 Å². The molecule has 1 aromatic heterocycles. The molecule has 0 atom stereocenters. The van der Waals surface area contributed by atoms with Gasteiger partial charge in [0.15, 0.2) is 0 Å². The van der Waals surface area contributed by atoms with Crippen molar-refractivity contribution in [3.05, 3.63) is 91.3 Å². The SMILES string of the molecule is O=C(Cn1cc2c3c1C(=O)C1=C(C3=NCC2)C2(C=C(Br)C(=O)C(Br)=C2)CCN1)NCc1ccccc1. The third-order valence-corrected chi connectivity index (χ3v) is 8.31. The Morgan fingerprint density at radius 1 is 1.11 bits per heavy atom. The molecule has 0 saturated carbocycles. The topological polar surface area (TPSA) is 92.6 Å². The molecule has 6 rings (SSSR count). The van der Waals surface area contributed by atoms with Crippen molar-refractivity contribution in [2.24, 2.45) is 10.4 Å². The number of fused-ring (bicyclic) bond motifs is 2. The van der Waals surface area contributed by atoms with Gasteiger partial charge in [0, 0.05) is 42.4 Å². The molecular weight excluding hydrogens is 588 g/mol. The van der Waals surface area contributed by atoms with Crippen molar-refractivity contribution in [2.75, 3.05) is 13.1 Å². The number of carbonyl (C=O) groups excluding carboxylic acids is 3. The molecule has 4 aliphatic rings. The second kappa shape index (κ2) is 8.81. The van der Waals surface area contributed by atoms with Crippen LogP contribution in [0.3, 0.4) is 0 Å². The van der Waals surface area contributed by atoms with Gasteiger partial charge in [-0.15, -0.1) is 0 Å². The van der Waals surface area contributed by atoms with Gasteiger partial charge in [-0.2, -0.15) is 0 Å². The maximum atomic E-state index is 13.9. The third kappa shape index (κ3) is 3.67. The molecule has 0 radical (unpaired) electrons. The molecule has 2 N–H and O–H groups in total. The summed E-state index contributed by atoms with van der Waals surface area (Å²) in [6.07, 6.45) is 7.12. The van der Waals surface area contributed by atoms with Gasteiger partial charge < -0.3 is 15.2 Å². The number of halogens is 2. The fourth-order valence-electron chi connectivity index (χ4n) is 5.53. The average Bonchev–Trinajstić information content (AvgIpc) is 3.24. The minimum atomic E-state index is -0.637. The summed E-state index contributed by atoms with van der Waals surface area (Å²) in [5.41, 5.74) is 4.79. The standard InChI is InChI=1S/C27H22Br2N4O3/c28-17-10-27(11-18(29)25(17)35)7-9-31-23-21(27)22-20-16(6-8-30-22)13-33(24(20)26(23)36)14-19(34)32-12-15-4-2-1-3-5-15/h1-5,10-11,13,31H,6-9,12,14H2,(H,32,34). The summed E-state index contributed by atoms with van der Waals surface area (Å²) >= 11 is 6.85. The number of amides is 1. The number of aromatic nitrogens is 1. The summed E-state index contributed by atoms with van der Waals surface area (Å²) in [7, 11) is 0. The summed E-state index contributed by atoms with van der Waals surface area (Å²) in [5, 5.41) is 6.26. The lowest BCUT2D eigenvalue weighted by Crippen LogP contribution is -2.45. The predicted octanol–water partition coefficient (Wildman–Crippen LogP) is 3.72. The van der Waals surface area contributed by atoms with E-state index < -0.39 is 5.41 Å². The Balaban J connectivity index is 1.38. The molecule has 1 aromatic carbocycles. The quantitative estimate of drug-likeness (QED) is 0.553. The Bertz CT molecular complexity index is 1440. The lowest BCUT2D eigenvalue weighted by atomic mass is 9.66. The van der Waals surface area contributed by atoms with E-state index in [2.05, 4.69) is 42.5 Å². The zero-order chi connectivity index (χ0) is 25.0. The van der Waals surface area contributed by atoms with Gasteiger partial charge in [-0.1, -0.05) is 42.5 Å². The molecule has 7 nitrogen and oxygen atoms in total. The third-order valence-electron chi connectivity index (χ3n) is 7.13. The molecule has 0 fully saturated rings. The van der Waals surface area contributed by atoms with Crippen LogP contribution in [0.5, 0.6) is 0 Å². The number of carbonyl (C=O) groups is 3. The van der Waals surface area contributed by atoms with E-state index in [1.807, 2.05) is 48.7 Å². The van der Waals surface area contributed by atoms with E-state index in [1.54, 1.807) is 4.57 Å². The largest absolute Gasteiger partial charge is 0.381 e. The van der Waals surface area contributed by atoms with E-state index >= 15 is 0 Å². The van der Waals surface area contributed by atoms with Crippen LogP contribution in [0.4, 0.5) is 0 Å². The van der Waals surface area contributed by atoms with Crippen LogP contribution in [-0.2, 0) is 29.1 Å². The number of hydrogen-bond donors (Lipinski definition) is 2. The number of rotatable bonds is 4. The molecule has 0 bridgehead atoms. The monoisotopic (exact) mass is 608 g/mol. The molecule has 0 unspecified atom stereocenters. The van der Waals surface area contributed by atoms with Crippen LogP contribution in [0.1, 0.15) is 33.6 Å². The molecule has 2 aliphatic heterocycles. The molecule has 2 aromatic rings. The lowest BCUT2D eigenvalue weighted by Gasteiger charge is -2.41. The first-order valence-corrected chi connectivity index (χ1v) is 13.4. The molecule has 0 saturated heterocycles. The van der Waals surface area contributed by atoms with E-state index in [0.717, 1.165) is 28.0 Å². The van der Waals surface area contributed by atoms with Crippen molar-refractivity contribution < 1.29 is 14.4 Å². The van der Waals surface area contributed by atoms with Gasteiger partial charge in [0.1, 0.15) is 12.2 Å². The number of nitrogens with zero attached hydrogens (tertiary/aromatic N) is 2. The Morgan fingerprint density at radius 3 is 2.61 bits per heavy atom. The number of benzene rings is 1. The van der Waals surface area contributed by atoms with E-state index in [-0.39, 0.29) is 24.0 Å². The minimum Gasteiger partial charge on any atom is -0.381 e. The van der Waals surface area contributed by atoms with Crippen molar-refractivity contribution in [3.8, 4) is 0 Å². The van der Waals surface area contributed by atoms with Gasteiger partial charge in [-0.3, -0.25) is 19.4 Å². The van der Waals surface area contributed by atoms with Crippen LogP contribution in [0.2, 0.25) is 0 Å². The van der Waals surface area contributed by atoms with Crippen molar-refractivity contribution in [3.63, 3.8) is 0 Å². The van der Waals surface area contributed by atoms with Gasteiger partial charge in [0.25, 0.3) is 0 Å². The fraction of sp³-hybridized carbons (Fsp3) is 0.259. The number of aliphatic imine (C=N–C) groups is 1. The van der Waals surface area contributed by atoms with E-state index in [4.69, 9.17) is 4.99 Å². The Kier molecular flexibility index (Phi) is 5.72. The lowest BCUT2D eigenvalue weighted by molar-refractivity contribution is -0.121. The molecule has 36 heavy (non-hydrogen) atoms. The highest BCUT2D eigenvalue weighted by atomic mass is 79.9. The molecule has 2 aliphatic carbocycles. The Morgan fingerprint density at radius 2 is 1.86 bits per heavy atom. The molecule has 1 spiro atoms. The maximum absolute atomic E-state index is 13.9. The van der Waals surface area contributed by atoms with Crippen molar-refractivity contribution >= 4 is 55.0 Å². The molecule has 182 valence electrons. The normalized spacial score (nSPS) is 19.7. The number of ketones is 2. The number of nitrogens with one attached hydrogen (secondary N) is 2. The van der Waals surface area contributed by atoms with E-state index in [9.17, 15) is 14.4 Å². The summed E-state index contributed by atoms with van der Waals surface area (Å²) < 4.78 is 2.70. The molecule has 9 heteroatoms. The first-order chi connectivity index (χ1) is 17.4. The highest BCUT2D eigenvalue weighted by molar-refractivity contribution is 9.13. The van der Waals surface area contributed by atoms with Crippen LogP contribution >= 0.6 is 31.9 Å². The predicted molar refractivity (Wildman–Crippen MR) is 143 cm³/mol. The highest BCUT2D eigenvalue weighted by Gasteiger charge is 2.48. The van der Waals surface area contributed by atoms with Crippen molar-refractivity contribution in [2.45, 2.75) is 25.9 Å². The number of Topliss-reactive ketones (excluding diaryl/α,β-unsaturated/α-hetero) is 2. The second-order valence-electron chi connectivity index (χ2n) is 9.36. The van der Waals surface area contributed by atoms with Crippen LogP contribution in [-0.4, -0.2) is 40.8 Å². The average molecular weight is 610 g/mol. The minimum absolute atomic E-state index is 0.0490. The number of hydrogen-bond acceptors (Lipinski definition) is 5. The van der Waals surface area contributed by atoms with E-state index in [1.165, 1.54) is 0 Å². The number of allylic oxidation sites excluding steroid dienone is 6. The first-order valence-electron chi connectivity index (χ1n) is 11.8. The van der Waals surface area contributed by atoms with Gasteiger partial charge in [-0.25, -0.2) is 0 Å². The fourth-order valence-corrected chi connectivity index (χ4v) is 7.04. The van der Waals surface area contributed by atoms with Crippen molar-refractivity contribution in [1.29, 1.82) is 0 Å². The first kappa shape index (κ1) is 23.4. The Hall–Kier alpha value is -3.04. The van der Waals surface area contributed by atoms with Gasteiger partial charge in [0.05, 0.1) is 20.4 Å². The maximum Gasteiger partial charge on any atom is 0.240 e.